The van der Waals surface area contributed by atoms with E-state index in [1.54, 1.807) is 30.4 Å². The van der Waals surface area contributed by atoms with Gasteiger partial charge in [0, 0.05) is 31.6 Å². The Hall–Kier alpha value is -3.42. The van der Waals surface area contributed by atoms with Crippen molar-refractivity contribution in [1.82, 2.24) is 34.0 Å². The van der Waals surface area contributed by atoms with Crippen LogP contribution in [0.4, 0.5) is 0 Å². The average Bonchev–Trinajstić information content (AvgIpc) is 3.42. The molecule has 0 saturated heterocycles. The van der Waals surface area contributed by atoms with E-state index in [2.05, 4.69) is 38.6 Å². The van der Waals surface area contributed by atoms with E-state index in [4.69, 9.17) is 0 Å². The Morgan fingerprint density at radius 2 is 2.11 bits per heavy atom. The van der Waals surface area contributed by atoms with E-state index in [0.29, 0.717) is 24.7 Å². The van der Waals surface area contributed by atoms with Crippen molar-refractivity contribution in [2.24, 2.45) is 0 Å². The second-order valence-electron chi connectivity index (χ2n) is 7.19. The molecule has 0 aromatic carbocycles. The van der Waals surface area contributed by atoms with E-state index < -0.39 is 0 Å². The van der Waals surface area contributed by atoms with Crippen LogP contribution in [0.5, 0.6) is 0 Å². The summed E-state index contributed by atoms with van der Waals surface area (Å²) in [5, 5.41) is 7.18. The number of fused-ring (bicyclic) bond motifs is 1. The normalized spacial score (nSPS) is 11.4. The summed E-state index contributed by atoms with van der Waals surface area (Å²) in [6.45, 7) is 5.27. The van der Waals surface area contributed by atoms with Crippen molar-refractivity contribution >= 4 is 11.6 Å². The predicted molar refractivity (Wildman–Crippen MR) is 105 cm³/mol. The Morgan fingerprint density at radius 1 is 1.25 bits per heavy atom. The van der Waals surface area contributed by atoms with Crippen LogP contribution >= 0.6 is 0 Å². The molecule has 0 radical (unpaired) electrons. The minimum atomic E-state index is -0.136. The molecule has 1 amide bonds. The third kappa shape index (κ3) is 3.40. The monoisotopic (exact) mass is 377 g/mol. The first-order valence-electron chi connectivity index (χ1n) is 9.24. The predicted octanol–water partition coefficient (Wildman–Crippen LogP) is 2.70. The van der Waals surface area contributed by atoms with E-state index in [-0.39, 0.29) is 5.91 Å². The Kier molecular flexibility index (Phi) is 4.68. The number of carbonyl (C=O) groups excluding carboxylic acids is 1. The van der Waals surface area contributed by atoms with Crippen molar-refractivity contribution in [2.45, 2.75) is 32.9 Å². The van der Waals surface area contributed by atoms with Crippen LogP contribution in [0.3, 0.4) is 0 Å². The summed E-state index contributed by atoms with van der Waals surface area (Å²) in [5.74, 6) is 1.20. The van der Waals surface area contributed by atoms with Crippen molar-refractivity contribution in [3.8, 4) is 0 Å². The van der Waals surface area contributed by atoms with Crippen LogP contribution < -0.4 is 0 Å². The quantitative estimate of drug-likeness (QED) is 0.560. The maximum Gasteiger partial charge on any atom is 0.274 e. The third-order valence-electron chi connectivity index (χ3n) is 4.69. The number of nitrogens with zero attached hydrogens (tertiary/aromatic N) is 6. The van der Waals surface area contributed by atoms with E-state index >= 15 is 0 Å². The number of nitrogens with one attached hydrogen (secondary N) is 1. The SMILES string of the molecule is CC(C)c1nccn1Cc1cc(C(=O)N(C)Cc2cnc3ccccn23)n[nH]1. The Morgan fingerprint density at radius 3 is 2.93 bits per heavy atom. The summed E-state index contributed by atoms with van der Waals surface area (Å²) in [6, 6.07) is 7.63. The van der Waals surface area contributed by atoms with Gasteiger partial charge in [0.25, 0.3) is 5.91 Å². The molecule has 0 fully saturated rings. The molecule has 4 rings (SSSR count). The maximum atomic E-state index is 12.8. The number of aromatic nitrogens is 6. The zero-order chi connectivity index (χ0) is 19.7. The lowest BCUT2D eigenvalue weighted by Gasteiger charge is -2.15. The summed E-state index contributed by atoms with van der Waals surface area (Å²) in [6.07, 6.45) is 7.47. The molecule has 8 heteroatoms. The van der Waals surface area contributed by atoms with Gasteiger partial charge in [-0.25, -0.2) is 9.97 Å². The minimum Gasteiger partial charge on any atom is -0.334 e. The van der Waals surface area contributed by atoms with Gasteiger partial charge in [0.2, 0.25) is 0 Å². The largest absolute Gasteiger partial charge is 0.334 e. The van der Waals surface area contributed by atoms with Gasteiger partial charge in [-0.15, -0.1) is 0 Å². The molecule has 4 heterocycles. The molecule has 0 saturated carbocycles. The molecule has 1 N–H and O–H groups in total. The first-order chi connectivity index (χ1) is 13.5. The molecule has 8 nitrogen and oxygen atoms in total. The van der Waals surface area contributed by atoms with Crippen LogP contribution in [0, 0.1) is 0 Å². The molecule has 0 aliphatic heterocycles. The lowest BCUT2D eigenvalue weighted by atomic mass is 10.2. The minimum absolute atomic E-state index is 0.136. The zero-order valence-electron chi connectivity index (χ0n) is 16.2. The molecular weight excluding hydrogens is 354 g/mol. The highest BCUT2D eigenvalue weighted by molar-refractivity contribution is 5.92. The molecule has 0 aliphatic rings. The van der Waals surface area contributed by atoms with Gasteiger partial charge in [-0.2, -0.15) is 5.10 Å². The Bertz CT molecular complexity index is 1100. The first-order valence-corrected chi connectivity index (χ1v) is 9.24. The smallest absolute Gasteiger partial charge is 0.274 e. The van der Waals surface area contributed by atoms with Gasteiger partial charge >= 0.3 is 0 Å². The van der Waals surface area contributed by atoms with Gasteiger partial charge in [-0.1, -0.05) is 19.9 Å². The number of H-pyrrole nitrogens is 1. The highest BCUT2D eigenvalue weighted by atomic mass is 16.2. The molecule has 144 valence electrons. The first kappa shape index (κ1) is 18.0. The Balaban J connectivity index is 1.47. The second-order valence-corrected chi connectivity index (χ2v) is 7.19. The van der Waals surface area contributed by atoms with Crippen LogP contribution in [0.25, 0.3) is 5.65 Å². The number of hydrogen-bond acceptors (Lipinski definition) is 4. The number of amides is 1. The summed E-state index contributed by atoms with van der Waals surface area (Å²) in [4.78, 5) is 23.2. The maximum absolute atomic E-state index is 12.8. The van der Waals surface area contributed by atoms with Crippen molar-refractivity contribution < 1.29 is 4.79 Å². The standard InChI is InChI=1S/C20H23N7O/c1-14(2)19-21-7-9-26(19)12-15-10-17(24-23-15)20(28)25(3)13-16-11-22-18-6-4-5-8-27(16)18/h4-11,14H,12-13H2,1-3H3,(H,23,24). The summed E-state index contributed by atoms with van der Waals surface area (Å²) in [7, 11) is 1.77. The van der Waals surface area contributed by atoms with Crippen LogP contribution in [0.1, 0.15) is 47.5 Å². The Labute approximate surface area is 162 Å². The van der Waals surface area contributed by atoms with Crippen molar-refractivity contribution in [3.63, 3.8) is 0 Å². The van der Waals surface area contributed by atoms with E-state index in [0.717, 1.165) is 22.9 Å². The van der Waals surface area contributed by atoms with Gasteiger partial charge in [0.15, 0.2) is 0 Å². The summed E-state index contributed by atoms with van der Waals surface area (Å²) in [5.41, 5.74) is 3.08. The molecule has 4 aromatic rings. The van der Waals surface area contributed by atoms with Crippen LogP contribution in [-0.2, 0) is 13.1 Å². The zero-order valence-corrected chi connectivity index (χ0v) is 16.2. The molecule has 0 unspecified atom stereocenters. The number of hydrogen-bond donors (Lipinski definition) is 1. The number of carbonyl (C=O) groups is 1. The highest BCUT2D eigenvalue weighted by Gasteiger charge is 2.18. The molecule has 0 aliphatic carbocycles. The molecule has 0 bridgehead atoms. The summed E-state index contributed by atoms with van der Waals surface area (Å²) < 4.78 is 4.04. The second kappa shape index (κ2) is 7.30. The van der Waals surface area contributed by atoms with Gasteiger partial charge in [0.1, 0.15) is 17.2 Å². The molecular formula is C20H23N7O. The number of rotatable bonds is 6. The number of imidazole rings is 2. The van der Waals surface area contributed by atoms with Crippen molar-refractivity contribution in [1.29, 1.82) is 0 Å². The van der Waals surface area contributed by atoms with Gasteiger partial charge in [-0.3, -0.25) is 9.89 Å². The van der Waals surface area contributed by atoms with Crippen LogP contribution in [0.15, 0.2) is 49.1 Å². The molecule has 0 atom stereocenters. The van der Waals surface area contributed by atoms with Gasteiger partial charge < -0.3 is 13.9 Å². The van der Waals surface area contributed by atoms with E-state index in [9.17, 15) is 4.79 Å². The van der Waals surface area contributed by atoms with Gasteiger partial charge in [-0.05, 0) is 18.2 Å². The van der Waals surface area contributed by atoms with Crippen LogP contribution in [-0.4, -0.2) is 47.0 Å². The lowest BCUT2D eigenvalue weighted by molar-refractivity contribution is 0.0777. The lowest BCUT2D eigenvalue weighted by Crippen LogP contribution is -2.27. The molecule has 28 heavy (non-hydrogen) atoms. The van der Waals surface area contributed by atoms with E-state index in [1.165, 1.54) is 0 Å². The fourth-order valence-electron chi connectivity index (χ4n) is 3.30. The molecule has 0 spiro atoms. The fraction of sp³-hybridized carbons (Fsp3) is 0.300. The van der Waals surface area contributed by atoms with E-state index in [1.807, 2.05) is 35.0 Å². The number of aromatic amines is 1. The van der Waals surface area contributed by atoms with Crippen molar-refractivity contribution in [3.05, 3.63) is 72.0 Å². The van der Waals surface area contributed by atoms with Crippen LogP contribution in [0.2, 0.25) is 0 Å². The number of pyridine rings is 1. The third-order valence-corrected chi connectivity index (χ3v) is 4.69. The van der Waals surface area contributed by atoms with Gasteiger partial charge in [0.05, 0.1) is 30.7 Å². The highest BCUT2D eigenvalue weighted by Crippen LogP contribution is 2.15. The summed E-state index contributed by atoms with van der Waals surface area (Å²) >= 11 is 0. The molecule has 4 aromatic heterocycles. The fourth-order valence-corrected chi connectivity index (χ4v) is 3.30. The topological polar surface area (TPSA) is 84.1 Å². The average molecular weight is 377 g/mol. The van der Waals surface area contributed by atoms with Crippen molar-refractivity contribution in [2.75, 3.05) is 7.05 Å².